The number of benzene rings is 9. The predicted molar refractivity (Wildman–Crippen MR) is 231 cm³/mol. The maximum atomic E-state index is 7.14. The Morgan fingerprint density at radius 3 is 1.64 bits per heavy atom. The van der Waals surface area contributed by atoms with Crippen molar-refractivity contribution in [3.05, 3.63) is 218 Å². The third-order valence-corrected chi connectivity index (χ3v) is 10.4. The Balaban J connectivity index is 1.30. The van der Waals surface area contributed by atoms with Crippen LogP contribution < -0.4 is 9.80 Å². The Morgan fingerprint density at radius 1 is 0.327 bits per heavy atom. The molecule has 0 N–H and O–H groups in total. The number of furan rings is 1. The minimum Gasteiger partial charge on any atom is -0.454 e. The summed E-state index contributed by atoms with van der Waals surface area (Å²) in [5.74, 6) is 0. The third-order valence-electron chi connectivity index (χ3n) is 10.4. The minimum absolute atomic E-state index is 0.816. The van der Waals surface area contributed by atoms with Gasteiger partial charge in [-0.1, -0.05) is 158 Å². The molecule has 10 rings (SSSR count). The molecular weight excluding hydrogens is 669 g/mol. The summed E-state index contributed by atoms with van der Waals surface area (Å²) >= 11 is 0. The molecular formula is C52H36N2O. The highest BCUT2D eigenvalue weighted by atomic mass is 16.3. The molecule has 0 unspecified atom stereocenters. The van der Waals surface area contributed by atoms with Crippen LogP contribution >= 0.6 is 0 Å². The van der Waals surface area contributed by atoms with Gasteiger partial charge in [0.1, 0.15) is 5.58 Å². The van der Waals surface area contributed by atoms with Gasteiger partial charge in [-0.3, -0.25) is 0 Å². The van der Waals surface area contributed by atoms with Crippen LogP contribution in [0.1, 0.15) is 0 Å². The number of rotatable bonds is 8. The van der Waals surface area contributed by atoms with Gasteiger partial charge in [0, 0.05) is 28.0 Å². The Labute approximate surface area is 320 Å². The summed E-state index contributed by atoms with van der Waals surface area (Å²) in [4.78, 5) is 4.72. The maximum Gasteiger partial charge on any atom is 0.161 e. The normalized spacial score (nSPS) is 11.3. The molecule has 1 heterocycles. The number of hydrogen-bond acceptors (Lipinski definition) is 3. The summed E-state index contributed by atoms with van der Waals surface area (Å²) in [5.41, 5.74) is 12.5. The molecule has 0 aliphatic rings. The number of fused-ring (bicyclic) bond motifs is 5. The molecule has 0 atom stereocenters. The van der Waals surface area contributed by atoms with E-state index in [2.05, 4.69) is 228 Å². The van der Waals surface area contributed by atoms with Crippen molar-refractivity contribution in [3.8, 4) is 22.3 Å². The van der Waals surface area contributed by atoms with Crippen LogP contribution in [0.5, 0.6) is 0 Å². The van der Waals surface area contributed by atoms with Crippen LogP contribution in [0.15, 0.2) is 223 Å². The van der Waals surface area contributed by atoms with Crippen LogP contribution in [0, 0.1) is 0 Å². The minimum atomic E-state index is 0.816. The fraction of sp³-hybridized carbons (Fsp3) is 0. The summed E-state index contributed by atoms with van der Waals surface area (Å²) in [6, 6.07) is 77.3. The molecule has 0 radical (unpaired) electrons. The van der Waals surface area contributed by atoms with Gasteiger partial charge in [-0.15, -0.1) is 0 Å². The largest absolute Gasteiger partial charge is 0.454 e. The second kappa shape index (κ2) is 13.9. The molecule has 0 amide bonds. The van der Waals surface area contributed by atoms with Gasteiger partial charge < -0.3 is 14.2 Å². The molecule has 3 nitrogen and oxygen atoms in total. The number of hydrogen-bond donors (Lipinski definition) is 0. The Hall–Kier alpha value is -7.36. The lowest BCUT2D eigenvalue weighted by Gasteiger charge is -2.30. The average Bonchev–Trinajstić information content (AvgIpc) is 3.67. The lowest BCUT2D eigenvalue weighted by molar-refractivity contribution is 0.669. The van der Waals surface area contributed by atoms with Gasteiger partial charge >= 0.3 is 0 Å². The van der Waals surface area contributed by atoms with Crippen LogP contribution in [0.4, 0.5) is 34.1 Å². The molecule has 0 aliphatic heterocycles. The summed E-state index contributed by atoms with van der Waals surface area (Å²) < 4.78 is 7.14. The molecule has 55 heavy (non-hydrogen) atoms. The lowest BCUT2D eigenvalue weighted by atomic mass is 9.99. The van der Waals surface area contributed by atoms with Gasteiger partial charge in [-0.25, -0.2) is 0 Å². The smallest absolute Gasteiger partial charge is 0.161 e. The van der Waals surface area contributed by atoms with E-state index in [1.807, 2.05) is 0 Å². The van der Waals surface area contributed by atoms with Gasteiger partial charge in [0.2, 0.25) is 0 Å². The molecule has 3 heteroatoms. The fourth-order valence-electron chi connectivity index (χ4n) is 7.95. The van der Waals surface area contributed by atoms with E-state index in [1.54, 1.807) is 0 Å². The first kappa shape index (κ1) is 32.3. The van der Waals surface area contributed by atoms with E-state index in [0.29, 0.717) is 0 Å². The number of nitrogens with zero attached hydrogens (tertiary/aromatic N) is 2. The zero-order valence-electron chi connectivity index (χ0n) is 30.1. The topological polar surface area (TPSA) is 19.6 Å². The Morgan fingerprint density at radius 2 is 0.891 bits per heavy atom. The van der Waals surface area contributed by atoms with E-state index in [4.69, 9.17) is 4.42 Å². The van der Waals surface area contributed by atoms with Crippen molar-refractivity contribution in [1.82, 2.24) is 0 Å². The second-order valence-corrected chi connectivity index (χ2v) is 13.7. The standard InChI is InChI=1S/C52H36N2O/c1-5-18-37(19-6-1)40-23-17-28-43(36-40)53(41-24-9-3-10-25-41)48-34-33-47(51-50-45-30-14-13-22-39(45)32-35-49(50)55-52(48)51)54(42-26-11-4-12-27-42)46-31-16-15-29-44(46)38-20-7-2-8-21-38/h1-36H. The molecule has 10 aromatic rings. The van der Waals surface area contributed by atoms with Crippen molar-refractivity contribution in [3.63, 3.8) is 0 Å². The van der Waals surface area contributed by atoms with Crippen LogP contribution in [-0.2, 0) is 0 Å². The van der Waals surface area contributed by atoms with Gasteiger partial charge in [0.15, 0.2) is 5.58 Å². The van der Waals surface area contributed by atoms with Crippen LogP contribution in [-0.4, -0.2) is 0 Å². The Bertz CT molecular complexity index is 2920. The molecule has 0 spiro atoms. The zero-order chi connectivity index (χ0) is 36.6. The SMILES string of the molecule is c1ccc(-c2cccc(N(c3ccccc3)c3ccc(N(c4ccccc4)c4ccccc4-c4ccccc4)c4c3oc3ccc5ccccc5c34)c2)cc1. The van der Waals surface area contributed by atoms with Crippen molar-refractivity contribution >= 4 is 66.8 Å². The first-order chi connectivity index (χ1) is 27.3. The van der Waals surface area contributed by atoms with Gasteiger partial charge in [-0.2, -0.15) is 0 Å². The third kappa shape index (κ3) is 5.80. The molecule has 1 aromatic heterocycles. The highest BCUT2D eigenvalue weighted by Crippen LogP contribution is 2.51. The molecule has 0 fully saturated rings. The molecule has 9 aromatic carbocycles. The van der Waals surface area contributed by atoms with E-state index < -0.39 is 0 Å². The number of para-hydroxylation sites is 3. The fourth-order valence-corrected chi connectivity index (χ4v) is 7.95. The van der Waals surface area contributed by atoms with E-state index in [1.165, 1.54) is 10.9 Å². The molecule has 0 aliphatic carbocycles. The van der Waals surface area contributed by atoms with Crippen LogP contribution in [0.25, 0.3) is 55.0 Å². The van der Waals surface area contributed by atoms with Gasteiger partial charge in [0.25, 0.3) is 0 Å². The average molecular weight is 705 g/mol. The van der Waals surface area contributed by atoms with E-state index in [0.717, 1.165) is 78.1 Å². The van der Waals surface area contributed by atoms with Gasteiger partial charge in [0.05, 0.1) is 22.4 Å². The molecule has 0 saturated carbocycles. The molecule has 260 valence electrons. The van der Waals surface area contributed by atoms with E-state index in [-0.39, 0.29) is 0 Å². The van der Waals surface area contributed by atoms with Crippen LogP contribution in [0.3, 0.4) is 0 Å². The Kier molecular flexibility index (Phi) is 8.16. The quantitative estimate of drug-likeness (QED) is 0.157. The highest BCUT2D eigenvalue weighted by molar-refractivity contribution is 6.25. The molecule has 0 saturated heterocycles. The van der Waals surface area contributed by atoms with E-state index in [9.17, 15) is 0 Å². The monoisotopic (exact) mass is 704 g/mol. The number of anilines is 6. The summed E-state index contributed by atoms with van der Waals surface area (Å²) in [7, 11) is 0. The zero-order valence-corrected chi connectivity index (χ0v) is 30.1. The van der Waals surface area contributed by atoms with Crippen molar-refractivity contribution in [2.75, 3.05) is 9.80 Å². The summed E-state index contributed by atoms with van der Waals surface area (Å²) in [6.45, 7) is 0. The van der Waals surface area contributed by atoms with Crippen molar-refractivity contribution in [1.29, 1.82) is 0 Å². The maximum absolute atomic E-state index is 7.14. The van der Waals surface area contributed by atoms with Gasteiger partial charge in [-0.05, 0) is 88.1 Å². The van der Waals surface area contributed by atoms with Crippen LogP contribution in [0.2, 0.25) is 0 Å². The highest BCUT2D eigenvalue weighted by Gasteiger charge is 2.27. The first-order valence-corrected chi connectivity index (χ1v) is 18.7. The predicted octanol–water partition coefficient (Wildman–Crippen LogP) is 15.0. The van der Waals surface area contributed by atoms with Crippen molar-refractivity contribution < 1.29 is 4.42 Å². The first-order valence-electron chi connectivity index (χ1n) is 18.7. The van der Waals surface area contributed by atoms with Crippen molar-refractivity contribution in [2.24, 2.45) is 0 Å². The molecule has 0 bridgehead atoms. The van der Waals surface area contributed by atoms with Crippen molar-refractivity contribution in [2.45, 2.75) is 0 Å². The lowest BCUT2D eigenvalue weighted by Crippen LogP contribution is -2.13. The summed E-state index contributed by atoms with van der Waals surface area (Å²) in [5, 5.41) is 4.46. The summed E-state index contributed by atoms with van der Waals surface area (Å²) in [6.07, 6.45) is 0. The second-order valence-electron chi connectivity index (χ2n) is 13.7. The van der Waals surface area contributed by atoms with E-state index >= 15 is 0 Å².